The average Bonchev–Trinajstić information content (AvgIpc) is 2.30. The molecule has 0 aliphatic carbocycles. The second-order valence-corrected chi connectivity index (χ2v) is 4.59. The zero-order chi connectivity index (χ0) is 10.7. The highest BCUT2D eigenvalue weighted by atomic mass is 79.9. The number of hydrogen-bond donors (Lipinski definition) is 1. The smallest absolute Gasteiger partial charge is 0.0865 e. The van der Waals surface area contributed by atoms with Crippen LogP contribution in [-0.4, -0.2) is 23.2 Å². The van der Waals surface area contributed by atoms with E-state index in [1.54, 1.807) is 6.20 Å². The molecule has 0 saturated carbocycles. The molecule has 3 nitrogen and oxygen atoms in total. The van der Waals surface area contributed by atoms with Crippen molar-refractivity contribution in [1.29, 1.82) is 0 Å². The fourth-order valence-electron chi connectivity index (χ4n) is 1.96. The Labute approximate surface area is 98.3 Å². The van der Waals surface area contributed by atoms with Gasteiger partial charge in [-0.3, -0.25) is 4.98 Å². The number of halogens is 1. The monoisotopic (exact) mass is 270 g/mol. The van der Waals surface area contributed by atoms with Gasteiger partial charge in [0, 0.05) is 19.3 Å². The molecule has 15 heavy (non-hydrogen) atoms. The third kappa shape index (κ3) is 2.32. The van der Waals surface area contributed by atoms with E-state index in [4.69, 9.17) is 5.11 Å². The van der Waals surface area contributed by atoms with Crippen LogP contribution < -0.4 is 4.90 Å². The summed E-state index contributed by atoms with van der Waals surface area (Å²) >= 11 is 3.51. The maximum absolute atomic E-state index is 9.13. The average molecular weight is 271 g/mol. The van der Waals surface area contributed by atoms with Crippen LogP contribution in [-0.2, 0) is 6.61 Å². The molecular formula is C11H15BrN2O. The van der Waals surface area contributed by atoms with Crippen LogP contribution in [0.15, 0.2) is 16.7 Å². The molecule has 0 aromatic carbocycles. The van der Waals surface area contributed by atoms with Crippen molar-refractivity contribution in [3.63, 3.8) is 0 Å². The lowest BCUT2D eigenvalue weighted by Crippen LogP contribution is -2.29. The Morgan fingerprint density at radius 3 is 2.73 bits per heavy atom. The second kappa shape index (κ2) is 4.94. The molecule has 0 bridgehead atoms. The van der Waals surface area contributed by atoms with Gasteiger partial charge in [-0.15, -0.1) is 0 Å². The standard InChI is InChI=1S/C11H15BrN2O/c12-11-9(8-15)13-5-4-10(11)14-6-2-1-3-7-14/h4-5,15H,1-3,6-8H2. The van der Waals surface area contributed by atoms with Gasteiger partial charge in [0.25, 0.3) is 0 Å². The molecule has 82 valence electrons. The van der Waals surface area contributed by atoms with Gasteiger partial charge in [0.1, 0.15) is 0 Å². The molecule has 0 spiro atoms. The minimum absolute atomic E-state index is 0.0116. The summed E-state index contributed by atoms with van der Waals surface area (Å²) in [6.07, 6.45) is 5.60. The summed E-state index contributed by atoms with van der Waals surface area (Å²) in [5.74, 6) is 0. The van der Waals surface area contributed by atoms with E-state index in [1.165, 1.54) is 19.3 Å². The van der Waals surface area contributed by atoms with Crippen molar-refractivity contribution >= 4 is 21.6 Å². The summed E-state index contributed by atoms with van der Waals surface area (Å²) in [5, 5.41) is 9.13. The van der Waals surface area contributed by atoms with Gasteiger partial charge in [-0.05, 0) is 41.3 Å². The van der Waals surface area contributed by atoms with Crippen LogP contribution >= 0.6 is 15.9 Å². The van der Waals surface area contributed by atoms with E-state index in [9.17, 15) is 0 Å². The molecule has 0 amide bonds. The second-order valence-electron chi connectivity index (χ2n) is 3.80. The summed E-state index contributed by atoms with van der Waals surface area (Å²) in [4.78, 5) is 6.48. The molecular weight excluding hydrogens is 256 g/mol. The van der Waals surface area contributed by atoms with E-state index in [0.29, 0.717) is 0 Å². The third-order valence-corrected chi connectivity index (χ3v) is 3.65. The highest BCUT2D eigenvalue weighted by Crippen LogP contribution is 2.30. The fraction of sp³-hybridized carbons (Fsp3) is 0.545. The predicted molar refractivity (Wildman–Crippen MR) is 63.9 cm³/mol. The molecule has 4 heteroatoms. The Bertz CT molecular complexity index is 337. The lowest BCUT2D eigenvalue weighted by Gasteiger charge is -2.29. The van der Waals surface area contributed by atoms with E-state index in [2.05, 4.69) is 25.8 Å². The van der Waals surface area contributed by atoms with Crippen molar-refractivity contribution in [2.24, 2.45) is 0 Å². The van der Waals surface area contributed by atoms with Crippen molar-refractivity contribution < 1.29 is 5.11 Å². The van der Waals surface area contributed by atoms with Crippen molar-refractivity contribution in [3.05, 3.63) is 22.4 Å². The number of nitrogens with zero attached hydrogens (tertiary/aromatic N) is 2. The van der Waals surface area contributed by atoms with Crippen LogP contribution in [0.5, 0.6) is 0 Å². The Balaban J connectivity index is 2.26. The van der Waals surface area contributed by atoms with E-state index in [1.807, 2.05) is 6.07 Å². The summed E-state index contributed by atoms with van der Waals surface area (Å²) in [6, 6.07) is 2.01. The zero-order valence-corrected chi connectivity index (χ0v) is 10.2. The minimum Gasteiger partial charge on any atom is -0.390 e. The van der Waals surface area contributed by atoms with Crippen molar-refractivity contribution in [2.75, 3.05) is 18.0 Å². The van der Waals surface area contributed by atoms with Gasteiger partial charge in [-0.25, -0.2) is 0 Å². The molecule has 0 atom stereocenters. The van der Waals surface area contributed by atoms with Gasteiger partial charge < -0.3 is 10.0 Å². The number of aromatic nitrogens is 1. The molecule has 1 aromatic heterocycles. The molecule has 1 saturated heterocycles. The van der Waals surface area contributed by atoms with E-state index >= 15 is 0 Å². The molecule has 1 aliphatic rings. The highest BCUT2D eigenvalue weighted by Gasteiger charge is 2.15. The number of rotatable bonds is 2. The van der Waals surface area contributed by atoms with Crippen molar-refractivity contribution in [1.82, 2.24) is 4.98 Å². The quantitative estimate of drug-likeness (QED) is 0.896. The number of piperidine rings is 1. The predicted octanol–water partition coefficient (Wildman–Crippen LogP) is 2.33. The van der Waals surface area contributed by atoms with Gasteiger partial charge in [0.05, 0.1) is 22.5 Å². The highest BCUT2D eigenvalue weighted by molar-refractivity contribution is 9.10. The molecule has 1 aromatic rings. The summed E-state index contributed by atoms with van der Waals surface area (Å²) < 4.78 is 0.939. The van der Waals surface area contributed by atoms with Crippen LogP contribution in [0.25, 0.3) is 0 Å². The Kier molecular flexibility index (Phi) is 3.59. The van der Waals surface area contributed by atoms with E-state index < -0.39 is 0 Å². The van der Waals surface area contributed by atoms with E-state index in [0.717, 1.165) is 28.9 Å². The minimum atomic E-state index is -0.0116. The Morgan fingerprint density at radius 1 is 1.33 bits per heavy atom. The fourth-order valence-corrected chi connectivity index (χ4v) is 2.58. The van der Waals surface area contributed by atoms with Crippen LogP contribution in [0.4, 0.5) is 5.69 Å². The topological polar surface area (TPSA) is 36.4 Å². The SMILES string of the molecule is OCc1nccc(N2CCCCC2)c1Br. The van der Waals surface area contributed by atoms with Gasteiger partial charge in [0.2, 0.25) is 0 Å². The maximum atomic E-state index is 9.13. The molecule has 1 N–H and O–H groups in total. The van der Waals surface area contributed by atoms with Crippen molar-refractivity contribution in [2.45, 2.75) is 25.9 Å². The van der Waals surface area contributed by atoms with Gasteiger partial charge >= 0.3 is 0 Å². The maximum Gasteiger partial charge on any atom is 0.0865 e. The molecule has 0 unspecified atom stereocenters. The number of aliphatic hydroxyl groups excluding tert-OH is 1. The van der Waals surface area contributed by atoms with Crippen LogP contribution in [0, 0.1) is 0 Å². The molecule has 0 radical (unpaired) electrons. The first-order valence-corrected chi connectivity index (χ1v) is 6.11. The van der Waals surface area contributed by atoms with Crippen molar-refractivity contribution in [3.8, 4) is 0 Å². The van der Waals surface area contributed by atoms with E-state index in [-0.39, 0.29) is 6.61 Å². The number of aliphatic hydroxyl groups is 1. The molecule has 1 aliphatic heterocycles. The molecule has 1 fully saturated rings. The zero-order valence-electron chi connectivity index (χ0n) is 8.62. The van der Waals surface area contributed by atoms with Crippen LogP contribution in [0.2, 0.25) is 0 Å². The van der Waals surface area contributed by atoms with Crippen LogP contribution in [0.1, 0.15) is 25.0 Å². The Morgan fingerprint density at radius 2 is 2.07 bits per heavy atom. The lowest BCUT2D eigenvalue weighted by molar-refractivity contribution is 0.276. The van der Waals surface area contributed by atoms with Crippen LogP contribution in [0.3, 0.4) is 0 Å². The Hall–Kier alpha value is -0.610. The first-order valence-electron chi connectivity index (χ1n) is 5.32. The number of anilines is 1. The summed E-state index contributed by atoms with van der Waals surface area (Å²) in [5.41, 5.74) is 1.88. The summed E-state index contributed by atoms with van der Waals surface area (Å²) in [6.45, 7) is 2.20. The first-order chi connectivity index (χ1) is 7.33. The molecule has 2 heterocycles. The lowest BCUT2D eigenvalue weighted by atomic mass is 10.1. The van der Waals surface area contributed by atoms with Gasteiger partial charge in [0.15, 0.2) is 0 Å². The third-order valence-electron chi connectivity index (χ3n) is 2.79. The van der Waals surface area contributed by atoms with Gasteiger partial charge in [-0.1, -0.05) is 0 Å². The normalized spacial score (nSPS) is 16.8. The number of pyridine rings is 1. The molecule has 2 rings (SSSR count). The summed E-state index contributed by atoms with van der Waals surface area (Å²) in [7, 11) is 0. The van der Waals surface area contributed by atoms with Gasteiger partial charge in [-0.2, -0.15) is 0 Å². The number of hydrogen-bond acceptors (Lipinski definition) is 3. The largest absolute Gasteiger partial charge is 0.390 e. The first kappa shape index (κ1) is 10.9.